The van der Waals surface area contributed by atoms with Gasteiger partial charge in [-0.2, -0.15) is 0 Å². The van der Waals surface area contributed by atoms with Gasteiger partial charge >= 0.3 is 5.97 Å². The van der Waals surface area contributed by atoms with Crippen LogP contribution in [0.15, 0.2) is 24.3 Å². The highest BCUT2D eigenvalue weighted by molar-refractivity contribution is 7.80. The highest BCUT2D eigenvalue weighted by Crippen LogP contribution is 2.57. The Labute approximate surface area is 161 Å². The van der Waals surface area contributed by atoms with Gasteiger partial charge in [0.25, 0.3) is 0 Å². The second-order valence-corrected chi connectivity index (χ2v) is 8.82. The fraction of sp³-hybridized carbons (Fsp3) is 0.619. The lowest BCUT2D eigenvalue weighted by atomic mass is 9.52. The van der Waals surface area contributed by atoms with Gasteiger partial charge in [-0.3, -0.25) is 0 Å². The molecule has 4 bridgehead atoms. The summed E-state index contributed by atoms with van der Waals surface area (Å²) in [4.78, 5) is 14.1. The van der Waals surface area contributed by atoms with Crippen LogP contribution >= 0.6 is 12.2 Å². The maximum Gasteiger partial charge on any atom is 0.338 e. The molecule has 4 fully saturated rings. The molecule has 26 heavy (non-hydrogen) atoms. The lowest BCUT2D eigenvalue weighted by molar-refractivity contribution is -0.0538. The van der Waals surface area contributed by atoms with Crippen molar-refractivity contribution in [3.05, 3.63) is 29.8 Å². The van der Waals surface area contributed by atoms with Crippen LogP contribution in [0, 0.1) is 17.8 Å². The third-order valence-electron chi connectivity index (χ3n) is 6.67. The summed E-state index contributed by atoms with van der Waals surface area (Å²) >= 11 is 5.74. The fourth-order valence-corrected chi connectivity index (χ4v) is 6.11. The predicted octanol–water partition coefficient (Wildman–Crippen LogP) is 4.46. The van der Waals surface area contributed by atoms with Crippen LogP contribution in [0.4, 0.5) is 5.69 Å². The lowest BCUT2D eigenvalue weighted by Gasteiger charge is -2.60. The first-order valence-corrected chi connectivity index (χ1v) is 10.2. The summed E-state index contributed by atoms with van der Waals surface area (Å²) in [5.41, 5.74) is 1.74. The van der Waals surface area contributed by atoms with Gasteiger partial charge in [-0.05, 0) is 99.7 Å². The number of nitrogens with zero attached hydrogens (tertiary/aromatic N) is 1. The molecule has 1 aromatic rings. The van der Waals surface area contributed by atoms with Gasteiger partial charge in [0.15, 0.2) is 5.11 Å². The van der Waals surface area contributed by atoms with E-state index in [1.54, 1.807) is 12.1 Å². The van der Waals surface area contributed by atoms with E-state index < -0.39 is 0 Å². The normalized spacial score (nSPS) is 31.5. The van der Waals surface area contributed by atoms with Gasteiger partial charge in [-0.25, -0.2) is 4.79 Å². The van der Waals surface area contributed by atoms with Gasteiger partial charge in [0.2, 0.25) is 0 Å². The summed E-state index contributed by atoms with van der Waals surface area (Å²) in [6, 6.07) is 7.36. The Morgan fingerprint density at radius 2 is 1.69 bits per heavy atom. The van der Waals surface area contributed by atoms with E-state index in [-0.39, 0.29) is 11.5 Å². The summed E-state index contributed by atoms with van der Waals surface area (Å²) in [6.07, 6.45) is 8.17. The molecule has 0 radical (unpaired) electrons. The number of carbonyl (C=O) groups is 1. The largest absolute Gasteiger partial charge is 0.462 e. The molecule has 0 atom stereocenters. The second kappa shape index (κ2) is 6.84. The molecule has 0 aliphatic heterocycles. The number of thiocarbonyl (C=S) groups is 1. The Morgan fingerprint density at radius 1 is 1.15 bits per heavy atom. The van der Waals surface area contributed by atoms with E-state index in [9.17, 15) is 4.79 Å². The molecule has 5 rings (SSSR count). The first-order valence-electron chi connectivity index (χ1n) is 9.81. The van der Waals surface area contributed by atoms with E-state index >= 15 is 0 Å². The van der Waals surface area contributed by atoms with Crippen molar-refractivity contribution in [3.8, 4) is 0 Å². The molecule has 1 aromatic carbocycles. The first-order chi connectivity index (χ1) is 12.5. The van der Waals surface area contributed by atoms with Gasteiger partial charge < -0.3 is 15.0 Å². The average molecular weight is 373 g/mol. The fourth-order valence-electron chi connectivity index (χ4n) is 5.80. The topological polar surface area (TPSA) is 41.6 Å². The number of hydrogen-bond acceptors (Lipinski definition) is 3. The molecular weight excluding hydrogens is 344 g/mol. The molecule has 0 unspecified atom stereocenters. The number of rotatable bonds is 4. The van der Waals surface area contributed by atoms with Crippen LogP contribution in [-0.2, 0) is 4.74 Å². The third kappa shape index (κ3) is 3.22. The van der Waals surface area contributed by atoms with E-state index in [4.69, 9.17) is 17.0 Å². The molecule has 4 aliphatic rings. The zero-order valence-electron chi connectivity index (χ0n) is 15.7. The van der Waals surface area contributed by atoms with Crippen LogP contribution < -0.4 is 5.32 Å². The van der Waals surface area contributed by atoms with Crippen LogP contribution in [0.25, 0.3) is 0 Å². The Morgan fingerprint density at radius 3 is 2.19 bits per heavy atom. The van der Waals surface area contributed by atoms with Gasteiger partial charge in [-0.1, -0.05) is 0 Å². The van der Waals surface area contributed by atoms with Crippen molar-refractivity contribution in [3.63, 3.8) is 0 Å². The predicted molar refractivity (Wildman–Crippen MR) is 107 cm³/mol. The number of ether oxygens (including phenoxy) is 1. The number of anilines is 1. The SMILES string of the molecule is CCOC(=O)c1ccc(NC(=S)N(C)C23CC4CC(CC(C4)C2)C3)cc1. The lowest BCUT2D eigenvalue weighted by Crippen LogP contribution is -2.60. The molecule has 4 aliphatic carbocycles. The van der Waals surface area contributed by atoms with Crippen LogP contribution in [0.3, 0.4) is 0 Å². The highest BCUT2D eigenvalue weighted by atomic mass is 32.1. The summed E-state index contributed by atoms with van der Waals surface area (Å²) in [5.74, 6) is 2.41. The minimum atomic E-state index is -0.285. The van der Waals surface area contributed by atoms with Crippen molar-refractivity contribution < 1.29 is 9.53 Å². The summed E-state index contributed by atoms with van der Waals surface area (Å²) < 4.78 is 5.03. The Balaban J connectivity index is 1.42. The molecule has 0 heterocycles. The molecule has 140 valence electrons. The Bertz CT molecular complexity index is 665. The van der Waals surface area contributed by atoms with Gasteiger partial charge in [0.05, 0.1) is 12.2 Å². The van der Waals surface area contributed by atoms with Crippen LogP contribution in [0.1, 0.15) is 55.8 Å². The molecule has 0 spiro atoms. The zero-order chi connectivity index (χ0) is 18.3. The molecule has 0 aromatic heterocycles. The molecule has 1 N–H and O–H groups in total. The Kier molecular flexibility index (Phi) is 4.68. The van der Waals surface area contributed by atoms with Gasteiger partial charge in [0, 0.05) is 18.3 Å². The average Bonchev–Trinajstić information content (AvgIpc) is 2.60. The standard InChI is InChI=1S/C21H28N2O2S/c1-3-25-19(24)17-4-6-18(7-5-17)22-20(26)23(2)21-11-14-8-15(12-21)10-16(9-14)13-21/h4-7,14-16H,3,8-13H2,1-2H3,(H,22,26). The number of hydrogen-bond donors (Lipinski definition) is 1. The molecular formula is C21H28N2O2S. The quantitative estimate of drug-likeness (QED) is 0.624. The molecule has 4 saturated carbocycles. The number of carbonyl (C=O) groups excluding carboxylic acids is 1. The number of benzene rings is 1. The van der Waals surface area contributed by atoms with E-state index in [1.807, 2.05) is 19.1 Å². The Hall–Kier alpha value is -1.62. The third-order valence-corrected chi connectivity index (χ3v) is 7.05. The maximum atomic E-state index is 11.8. The summed E-state index contributed by atoms with van der Waals surface area (Å²) in [5, 5.41) is 4.16. The monoisotopic (exact) mass is 372 g/mol. The summed E-state index contributed by atoms with van der Waals surface area (Å²) in [7, 11) is 2.16. The number of esters is 1. The molecule has 0 saturated heterocycles. The van der Waals surface area contributed by atoms with E-state index in [1.165, 1.54) is 38.5 Å². The maximum absolute atomic E-state index is 11.8. The molecule has 0 amide bonds. The van der Waals surface area contributed by atoms with Crippen molar-refractivity contribution in [1.82, 2.24) is 4.90 Å². The van der Waals surface area contributed by atoms with Crippen LogP contribution in [0.2, 0.25) is 0 Å². The number of nitrogens with one attached hydrogen (secondary N) is 1. The molecule has 5 heteroatoms. The van der Waals surface area contributed by atoms with Crippen molar-refractivity contribution in [1.29, 1.82) is 0 Å². The van der Waals surface area contributed by atoms with Crippen molar-refractivity contribution in [2.24, 2.45) is 17.8 Å². The second-order valence-electron chi connectivity index (χ2n) is 8.43. The van der Waals surface area contributed by atoms with Crippen LogP contribution in [-0.4, -0.2) is 35.2 Å². The van der Waals surface area contributed by atoms with Gasteiger partial charge in [-0.15, -0.1) is 0 Å². The minimum Gasteiger partial charge on any atom is -0.462 e. The van der Waals surface area contributed by atoms with Crippen molar-refractivity contribution in [2.45, 2.75) is 51.0 Å². The van der Waals surface area contributed by atoms with Crippen molar-refractivity contribution >= 4 is 29.0 Å². The molecule has 4 nitrogen and oxygen atoms in total. The summed E-state index contributed by atoms with van der Waals surface area (Å²) in [6.45, 7) is 2.20. The zero-order valence-corrected chi connectivity index (χ0v) is 16.5. The van der Waals surface area contributed by atoms with Crippen molar-refractivity contribution in [2.75, 3.05) is 19.0 Å². The first kappa shape index (κ1) is 17.8. The van der Waals surface area contributed by atoms with Gasteiger partial charge in [0.1, 0.15) is 0 Å². The van der Waals surface area contributed by atoms with E-state index in [2.05, 4.69) is 17.3 Å². The smallest absolute Gasteiger partial charge is 0.338 e. The highest BCUT2D eigenvalue weighted by Gasteiger charge is 2.53. The van der Waals surface area contributed by atoms with E-state index in [0.29, 0.717) is 12.2 Å². The van der Waals surface area contributed by atoms with E-state index in [0.717, 1.165) is 28.6 Å². The van der Waals surface area contributed by atoms with Crippen LogP contribution in [0.5, 0.6) is 0 Å². The minimum absolute atomic E-state index is 0.254.